The van der Waals surface area contributed by atoms with E-state index in [9.17, 15) is 5.11 Å². The Balaban J connectivity index is 1.36. The van der Waals surface area contributed by atoms with E-state index in [0.29, 0.717) is 65.3 Å². The number of aromatic nitrogens is 5. The molecule has 200 valence electrons. The average Bonchev–Trinajstić information content (AvgIpc) is 3.39. The number of fused-ring (bicyclic) bond motifs is 3. The molecule has 3 heterocycles. The Hall–Kier alpha value is -3.96. The molecule has 1 saturated carbocycles. The number of anilines is 1. The van der Waals surface area contributed by atoms with Crippen molar-refractivity contribution in [2.75, 3.05) is 26.6 Å². The van der Waals surface area contributed by atoms with Crippen molar-refractivity contribution in [3.8, 4) is 17.2 Å². The first-order valence-corrected chi connectivity index (χ1v) is 13.2. The van der Waals surface area contributed by atoms with E-state index in [1.54, 1.807) is 32.0 Å². The Labute approximate surface area is 233 Å². The zero-order valence-corrected chi connectivity index (χ0v) is 23.3. The summed E-state index contributed by atoms with van der Waals surface area (Å²) in [6.45, 7) is 0.434. The minimum Gasteiger partial charge on any atom is -0.497 e. The van der Waals surface area contributed by atoms with Gasteiger partial charge in [0.1, 0.15) is 28.4 Å². The molecular weight excluding hydrogens is 564 g/mol. The Morgan fingerprint density at radius 2 is 1.85 bits per heavy atom. The van der Waals surface area contributed by atoms with Crippen molar-refractivity contribution < 1.29 is 19.3 Å². The highest BCUT2D eigenvalue weighted by molar-refractivity contribution is 9.10. The lowest BCUT2D eigenvalue weighted by atomic mass is 9.68. The number of aliphatic hydroxyl groups is 1. The standard InChI is InChI=1S/C28H27BrN6O4/c1-37-19-9-7-16(22(11-19)39-3)14-31-27-32-24-20(5-4-6-21(24)38-2)26-33-25(34-35(26)27)17-12-28(36,13-17)23-10-8-18(29)15-30-23/h4-11,15,17,36H,12-14H2,1-3H3,(H,31,32). The van der Waals surface area contributed by atoms with Gasteiger partial charge in [-0.1, -0.05) is 6.07 Å². The second kappa shape index (κ2) is 9.97. The van der Waals surface area contributed by atoms with Gasteiger partial charge < -0.3 is 24.6 Å². The van der Waals surface area contributed by atoms with E-state index in [2.05, 4.69) is 26.2 Å². The predicted octanol–water partition coefficient (Wildman–Crippen LogP) is 4.84. The van der Waals surface area contributed by atoms with Crippen LogP contribution in [-0.2, 0) is 12.1 Å². The number of pyridine rings is 1. The van der Waals surface area contributed by atoms with E-state index < -0.39 is 5.60 Å². The Morgan fingerprint density at radius 3 is 2.56 bits per heavy atom. The van der Waals surface area contributed by atoms with E-state index in [-0.39, 0.29) is 5.92 Å². The summed E-state index contributed by atoms with van der Waals surface area (Å²) < 4.78 is 19.1. The quantitative estimate of drug-likeness (QED) is 0.262. The smallest absolute Gasteiger partial charge is 0.226 e. The third-order valence-electron chi connectivity index (χ3n) is 7.17. The highest BCUT2D eigenvalue weighted by atomic mass is 79.9. The van der Waals surface area contributed by atoms with Crippen LogP contribution >= 0.6 is 15.9 Å². The second-order valence-electron chi connectivity index (χ2n) is 9.53. The Kier molecular flexibility index (Phi) is 6.48. The van der Waals surface area contributed by atoms with Crippen LogP contribution in [0.2, 0.25) is 0 Å². The zero-order valence-electron chi connectivity index (χ0n) is 21.7. The van der Waals surface area contributed by atoms with Crippen molar-refractivity contribution in [2.24, 2.45) is 0 Å². The number of ether oxygens (including phenoxy) is 3. The van der Waals surface area contributed by atoms with E-state index in [0.717, 1.165) is 15.4 Å². The summed E-state index contributed by atoms with van der Waals surface area (Å²) in [5.41, 5.74) is 1.92. The molecule has 11 heteroatoms. The summed E-state index contributed by atoms with van der Waals surface area (Å²) in [7, 11) is 4.87. The van der Waals surface area contributed by atoms with E-state index in [1.165, 1.54) is 0 Å². The molecule has 39 heavy (non-hydrogen) atoms. The molecule has 0 bridgehead atoms. The first-order chi connectivity index (χ1) is 18.9. The topological polar surface area (TPSA) is 116 Å². The number of benzene rings is 2. The maximum absolute atomic E-state index is 11.2. The molecule has 2 N–H and O–H groups in total. The average molecular weight is 591 g/mol. The van der Waals surface area contributed by atoms with Gasteiger partial charge in [-0.3, -0.25) is 4.98 Å². The fourth-order valence-corrected chi connectivity index (χ4v) is 5.28. The second-order valence-corrected chi connectivity index (χ2v) is 10.4. The monoisotopic (exact) mass is 590 g/mol. The van der Waals surface area contributed by atoms with Crippen LogP contribution in [0, 0.1) is 0 Å². The Bertz CT molecular complexity index is 1670. The van der Waals surface area contributed by atoms with Gasteiger partial charge in [-0.15, -0.1) is 5.10 Å². The summed E-state index contributed by atoms with van der Waals surface area (Å²) in [5, 5.41) is 20.2. The molecule has 0 amide bonds. The molecule has 1 aliphatic rings. The van der Waals surface area contributed by atoms with E-state index in [4.69, 9.17) is 29.3 Å². The summed E-state index contributed by atoms with van der Waals surface area (Å²) in [5.74, 6) is 3.21. The highest BCUT2D eigenvalue weighted by Gasteiger charge is 2.47. The van der Waals surface area contributed by atoms with Gasteiger partial charge >= 0.3 is 0 Å². The number of hydrogen-bond donors (Lipinski definition) is 2. The number of nitrogens with one attached hydrogen (secondary N) is 1. The van der Waals surface area contributed by atoms with Gasteiger partial charge in [0, 0.05) is 40.1 Å². The fourth-order valence-electron chi connectivity index (χ4n) is 5.04. The molecule has 0 spiro atoms. The van der Waals surface area contributed by atoms with Gasteiger partial charge in [0.2, 0.25) is 5.95 Å². The van der Waals surface area contributed by atoms with Crippen molar-refractivity contribution >= 4 is 38.4 Å². The van der Waals surface area contributed by atoms with Crippen LogP contribution < -0.4 is 19.5 Å². The van der Waals surface area contributed by atoms with Gasteiger partial charge in [0.05, 0.1) is 27.0 Å². The molecule has 0 saturated heterocycles. The lowest BCUT2D eigenvalue weighted by Crippen LogP contribution is -2.40. The van der Waals surface area contributed by atoms with Crippen LogP contribution in [0.25, 0.3) is 16.6 Å². The van der Waals surface area contributed by atoms with Crippen molar-refractivity contribution in [1.29, 1.82) is 0 Å². The molecule has 10 nitrogen and oxygen atoms in total. The molecule has 0 unspecified atom stereocenters. The van der Waals surface area contributed by atoms with Gasteiger partial charge in [-0.05, 0) is 65.2 Å². The molecular formula is C28H27BrN6O4. The van der Waals surface area contributed by atoms with Crippen LogP contribution in [-0.4, -0.2) is 51.0 Å². The maximum atomic E-state index is 11.2. The van der Waals surface area contributed by atoms with Crippen LogP contribution in [0.1, 0.15) is 35.8 Å². The normalized spacial score (nSPS) is 18.6. The molecule has 1 fully saturated rings. The van der Waals surface area contributed by atoms with Gasteiger partial charge in [-0.2, -0.15) is 4.52 Å². The maximum Gasteiger partial charge on any atom is 0.226 e. The summed E-state index contributed by atoms with van der Waals surface area (Å²) in [6, 6.07) is 15.1. The summed E-state index contributed by atoms with van der Waals surface area (Å²) in [6.07, 6.45) is 2.67. The summed E-state index contributed by atoms with van der Waals surface area (Å²) >= 11 is 3.40. The van der Waals surface area contributed by atoms with Crippen LogP contribution in [0.5, 0.6) is 17.2 Å². The summed E-state index contributed by atoms with van der Waals surface area (Å²) in [4.78, 5) is 14.2. The fraction of sp³-hybridized carbons (Fsp3) is 0.286. The molecule has 2 aromatic carbocycles. The van der Waals surface area contributed by atoms with Gasteiger partial charge in [0.25, 0.3) is 0 Å². The first kappa shape index (κ1) is 25.3. The van der Waals surface area contributed by atoms with Crippen LogP contribution in [0.4, 0.5) is 5.95 Å². The molecule has 0 aliphatic heterocycles. The zero-order chi connectivity index (χ0) is 27.1. The molecule has 5 aromatic rings. The molecule has 6 rings (SSSR count). The van der Waals surface area contributed by atoms with Crippen LogP contribution in [0.3, 0.4) is 0 Å². The minimum absolute atomic E-state index is 0.0180. The number of hydrogen-bond acceptors (Lipinski definition) is 9. The number of methoxy groups -OCH3 is 3. The van der Waals surface area contributed by atoms with Crippen molar-refractivity contribution in [2.45, 2.75) is 30.9 Å². The SMILES string of the molecule is COc1ccc(CNc2nc3c(OC)cccc3c3nc(C4CC(O)(c5ccc(Br)cn5)C4)nn23)c(OC)c1. The lowest BCUT2D eigenvalue weighted by Gasteiger charge is -2.41. The first-order valence-electron chi connectivity index (χ1n) is 12.4. The van der Waals surface area contributed by atoms with Crippen molar-refractivity contribution in [3.63, 3.8) is 0 Å². The van der Waals surface area contributed by atoms with Crippen LogP contribution in [0.15, 0.2) is 59.2 Å². The molecule has 0 atom stereocenters. The predicted molar refractivity (Wildman–Crippen MR) is 150 cm³/mol. The lowest BCUT2D eigenvalue weighted by molar-refractivity contribution is -0.0605. The highest BCUT2D eigenvalue weighted by Crippen LogP contribution is 2.49. The molecule has 0 radical (unpaired) electrons. The van der Waals surface area contributed by atoms with Crippen molar-refractivity contribution in [3.05, 3.63) is 76.3 Å². The molecule has 1 aliphatic carbocycles. The van der Waals surface area contributed by atoms with E-state index >= 15 is 0 Å². The number of nitrogens with zero attached hydrogens (tertiary/aromatic N) is 5. The van der Waals surface area contributed by atoms with E-state index in [1.807, 2.05) is 48.5 Å². The number of para-hydroxylation sites is 1. The van der Waals surface area contributed by atoms with Gasteiger partial charge in [-0.25, -0.2) is 9.97 Å². The largest absolute Gasteiger partial charge is 0.497 e. The minimum atomic E-state index is -1.00. The Morgan fingerprint density at radius 1 is 1.03 bits per heavy atom. The van der Waals surface area contributed by atoms with Crippen molar-refractivity contribution in [1.82, 2.24) is 24.6 Å². The van der Waals surface area contributed by atoms with Gasteiger partial charge in [0.15, 0.2) is 11.5 Å². The number of rotatable bonds is 8. The molecule has 3 aromatic heterocycles. The third kappa shape index (κ3) is 4.51. The third-order valence-corrected chi connectivity index (χ3v) is 7.64. The number of halogens is 1.